The minimum Gasteiger partial charge on any atom is -0.381 e. The maximum absolute atomic E-state index is 5.70. The summed E-state index contributed by atoms with van der Waals surface area (Å²) in [5.41, 5.74) is 0. The van der Waals surface area contributed by atoms with Crippen LogP contribution in [0, 0.1) is 5.92 Å². The first-order valence-corrected chi connectivity index (χ1v) is 9.05. The van der Waals surface area contributed by atoms with Crippen LogP contribution in [0.5, 0.6) is 0 Å². The molecule has 0 saturated carbocycles. The number of hydrogen-bond acceptors (Lipinski definition) is 4. The maximum atomic E-state index is 5.70. The monoisotopic (exact) mass is 328 g/mol. The molecular weight excluding hydrogens is 292 g/mol. The third kappa shape index (κ3) is 8.53. The quantitative estimate of drug-likeness (QED) is 0.340. The summed E-state index contributed by atoms with van der Waals surface area (Å²) in [5, 5.41) is 6.74. The SMILES string of the molecule is CCN(CC)C(C)CNC(=NC)NCCCOCC1CCOC1. The Bertz CT molecular complexity index is 316. The highest BCUT2D eigenvalue weighted by Crippen LogP contribution is 2.12. The second-order valence-electron chi connectivity index (χ2n) is 6.11. The summed E-state index contributed by atoms with van der Waals surface area (Å²) < 4.78 is 11.0. The molecule has 0 aliphatic carbocycles. The van der Waals surface area contributed by atoms with Gasteiger partial charge in [0.25, 0.3) is 0 Å². The first-order valence-electron chi connectivity index (χ1n) is 9.05. The molecule has 1 fully saturated rings. The van der Waals surface area contributed by atoms with E-state index in [2.05, 4.69) is 41.3 Å². The van der Waals surface area contributed by atoms with Gasteiger partial charge in [-0.25, -0.2) is 0 Å². The van der Waals surface area contributed by atoms with Crippen LogP contribution in [-0.2, 0) is 9.47 Å². The molecule has 0 amide bonds. The molecular formula is C17H36N4O2. The molecule has 0 spiro atoms. The summed E-state index contributed by atoms with van der Waals surface area (Å²) in [4.78, 5) is 6.70. The second kappa shape index (κ2) is 12.6. The molecule has 6 nitrogen and oxygen atoms in total. The Labute approximate surface area is 142 Å². The molecule has 136 valence electrons. The van der Waals surface area contributed by atoms with Crippen molar-refractivity contribution in [2.24, 2.45) is 10.9 Å². The van der Waals surface area contributed by atoms with Crippen molar-refractivity contribution in [3.63, 3.8) is 0 Å². The molecule has 0 radical (unpaired) electrons. The summed E-state index contributed by atoms with van der Waals surface area (Å²) in [6.45, 7) is 13.9. The Morgan fingerprint density at radius 1 is 1.35 bits per heavy atom. The molecule has 1 saturated heterocycles. The van der Waals surface area contributed by atoms with Gasteiger partial charge < -0.3 is 20.1 Å². The zero-order chi connectivity index (χ0) is 16.9. The molecule has 1 aliphatic heterocycles. The predicted octanol–water partition coefficient (Wildman–Crippen LogP) is 1.32. The topological polar surface area (TPSA) is 58.1 Å². The van der Waals surface area contributed by atoms with Crippen molar-refractivity contribution in [1.29, 1.82) is 0 Å². The van der Waals surface area contributed by atoms with E-state index in [1.165, 1.54) is 0 Å². The zero-order valence-electron chi connectivity index (χ0n) is 15.4. The summed E-state index contributed by atoms with van der Waals surface area (Å²) in [6.07, 6.45) is 2.12. The molecule has 2 atom stereocenters. The molecule has 1 rings (SSSR count). The Morgan fingerprint density at radius 3 is 2.74 bits per heavy atom. The summed E-state index contributed by atoms with van der Waals surface area (Å²) in [7, 11) is 1.81. The van der Waals surface area contributed by atoms with Crippen molar-refractivity contribution in [2.75, 3.05) is 59.7 Å². The van der Waals surface area contributed by atoms with Crippen LogP contribution >= 0.6 is 0 Å². The highest BCUT2D eigenvalue weighted by molar-refractivity contribution is 5.79. The van der Waals surface area contributed by atoms with Crippen molar-refractivity contribution >= 4 is 5.96 Å². The van der Waals surface area contributed by atoms with Crippen LogP contribution in [0.25, 0.3) is 0 Å². The molecule has 0 aromatic heterocycles. The normalized spacial score (nSPS) is 20.0. The van der Waals surface area contributed by atoms with Gasteiger partial charge in [-0.2, -0.15) is 0 Å². The number of ether oxygens (including phenoxy) is 2. The van der Waals surface area contributed by atoms with Crippen LogP contribution in [0.1, 0.15) is 33.6 Å². The lowest BCUT2D eigenvalue weighted by Crippen LogP contribution is -2.46. The maximum Gasteiger partial charge on any atom is 0.191 e. The van der Waals surface area contributed by atoms with E-state index in [1.807, 2.05) is 7.05 Å². The first kappa shape index (κ1) is 20.2. The van der Waals surface area contributed by atoms with Crippen molar-refractivity contribution in [3.05, 3.63) is 0 Å². The van der Waals surface area contributed by atoms with Crippen LogP contribution in [-0.4, -0.2) is 76.6 Å². The molecule has 0 aromatic rings. The van der Waals surface area contributed by atoms with E-state index in [1.54, 1.807) is 0 Å². The minimum atomic E-state index is 0.500. The average Bonchev–Trinajstić information content (AvgIpc) is 3.08. The number of aliphatic imine (C=N–C) groups is 1. The van der Waals surface area contributed by atoms with Gasteiger partial charge >= 0.3 is 0 Å². The fourth-order valence-corrected chi connectivity index (χ4v) is 2.79. The number of guanidine groups is 1. The number of likely N-dealkylation sites (N-methyl/N-ethyl adjacent to an activating group) is 1. The van der Waals surface area contributed by atoms with Crippen LogP contribution < -0.4 is 10.6 Å². The number of nitrogens with one attached hydrogen (secondary N) is 2. The largest absolute Gasteiger partial charge is 0.381 e. The van der Waals surface area contributed by atoms with Gasteiger partial charge in [0.2, 0.25) is 0 Å². The Hall–Kier alpha value is -0.850. The fraction of sp³-hybridized carbons (Fsp3) is 0.941. The molecule has 2 N–H and O–H groups in total. The van der Waals surface area contributed by atoms with Crippen molar-refractivity contribution in [2.45, 2.75) is 39.7 Å². The van der Waals surface area contributed by atoms with Crippen molar-refractivity contribution in [1.82, 2.24) is 15.5 Å². The van der Waals surface area contributed by atoms with Gasteiger partial charge in [0.1, 0.15) is 0 Å². The van der Waals surface area contributed by atoms with Gasteiger partial charge in [-0.15, -0.1) is 0 Å². The van der Waals surface area contributed by atoms with Gasteiger partial charge in [0.05, 0.1) is 13.2 Å². The van der Waals surface area contributed by atoms with Gasteiger partial charge in [0, 0.05) is 45.3 Å². The number of nitrogens with zero attached hydrogens (tertiary/aromatic N) is 2. The van der Waals surface area contributed by atoms with E-state index in [0.717, 1.165) is 71.4 Å². The molecule has 1 heterocycles. The van der Waals surface area contributed by atoms with E-state index < -0.39 is 0 Å². The second-order valence-corrected chi connectivity index (χ2v) is 6.11. The lowest BCUT2D eigenvalue weighted by molar-refractivity contribution is 0.0888. The van der Waals surface area contributed by atoms with Crippen LogP contribution in [0.4, 0.5) is 0 Å². The van der Waals surface area contributed by atoms with E-state index in [0.29, 0.717) is 12.0 Å². The van der Waals surface area contributed by atoms with E-state index in [9.17, 15) is 0 Å². The number of hydrogen-bond donors (Lipinski definition) is 2. The fourth-order valence-electron chi connectivity index (χ4n) is 2.79. The van der Waals surface area contributed by atoms with E-state index >= 15 is 0 Å². The predicted molar refractivity (Wildman–Crippen MR) is 96.1 cm³/mol. The summed E-state index contributed by atoms with van der Waals surface area (Å²) in [6, 6.07) is 0.500. The van der Waals surface area contributed by atoms with Crippen LogP contribution in [0.3, 0.4) is 0 Å². The molecule has 0 aromatic carbocycles. The highest BCUT2D eigenvalue weighted by atomic mass is 16.5. The smallest absolute Gasteiger partial charge is 0.191 e. The Morgan fingerprint density at radius 2 is 2.13 bits per heavy atom. The van der Waals surface area contributed by atoms with E-state index in [-0.39, 0.29) is 0 Å². The lowest BCUT2D eigenvalue weighted by atomic mass is 10.1. The zero-order valence-corrected chi connectivity index (χ0v) is 15.4. The summed E-state index contributed by atoms with van der Waals surface area (Å²) in [5.74, 6) is 1.46. The Balaban J connectivity index is 2.04. The van der Waals surface area contributed by atoms with E-state index in [4.69, 9.17) is 9.47 Å². The van der Waals surface area contributed by atoms with Gasteiger partial charge in [0.15, 0.2) is 5.96 Å². The number of rotatable bonds is 11. The van der Waals surface area contributed by atoms with Crippen molar-refractivity contribution < 1.29 is 9.47 Å². The van der Waals surface area contributed by atoms with Crippen molar-refractivity contribution in [3.8, 4) is 0 Å². The van der Waals surface area contributed by atoms with Crippen LogP contribution in [0.15, 0.2) is 4.99 Å². The molecule has 0 bridgehead atoms. The van der Waals surface area contributed by atoms with Crippen LogP contribution in [0.2, 0.25) is 0 Å². The van der Waals surface area contributed by atoms with Gasteiger partial charge in [-0.1, -0.05) is 13.8 Å². The minimum absolute atomic E-state index is 0.500. The van der Waals surface area contributed by atoms with Gasteiger partial charge in [-0.05, 0) is 32.9 Å². The summed E-state index contributed by atoms with van der Waals surface area (Å²) >= 11 is 0. The Kier molecular flexibility index (Phi) is 11.0. The average molecular weight is 329 g/mol. The molecule has 23 heavy (non-hydrogen) atoms. The molecule has 6 heteroatoms. The molecule has 1 aliphatic rings. The van der Waals surface area contributed by atoms with Gasteiger partial charge in [-0.3, -0.25) is 9.89 Å². The third-order valence-electron chi connectivity index (χ3n) is 4.36. The standard InChI is InChI=1S/C17H36N4O2/c1-5-21(6-2)15(3)12-20-17(18-4)19-9-7-10-22-13-16-8-11-23-14-16/h15-16H,5-14H2,1-4H3,(H2,18,19,20). The molecule has 2 unspecified atom stereocenters. The highest BCUT2D eigenvalue weighted by Gasteiger charge is 2.15. The third-order valence-corrected chi connectivity index (χ3v) is 4.36. The first-order chi connectivity index (χ1) is 11.2. The lowest BCUT2D eigenvalue weighted by Gasteiger charge is -2.27.